The van der Waals surface area contributed by atoms with Crippen LogP contribution in [0.4, 0.5) is 0 Å². The van der Waals surface area contributed by atoms with Crippen LogP contribution in [0.25, 0.3) is 6.08 Å². The molecule has 1 aromatic rings. The number of benzene rings is 1. The molecule has 0 amide bonds. The van der Waals surface area contributed by atoms with Gasteiger partial charge >= 0.3 is 0 Å². The lowest BCUT2D eigenvalue weighted by molar-refractivity contribution is 0.517. The molecule has 0 fully saturated rings. The first-order valence-electron chi connectivity index (χ1n) is 4.30. The summed E-state index contributed by atoms with van der Waals surface area (Å²) in [6, 6.07) is 8.29. The van der Waals surface area contributed by atoms with Gasteiger partial charge in [0, 0.05) is 12.0 Å². The highest BCUT2D eigenvalue weighted by Crippen LogP contribution is 2.17. The molecule has 1 aromatic carbocycles. The summed E-state index contributed by atoms with van der Waals surface area (Å²) in [5.74, 6) is 0. The lowest BCUT2D eigenvalue weighted by Crippen LogP contribution is -2.33. The van der Waals surface area contributed by atoms with Crippen LogP contribution in [0, 0.1) is 5.41 Å². The minimum atomic E-state index is 0.231. The van der Waals surface area contributed by atoms with E-state index in [-0.39, 0.29) is 5.41 Å². The zero-order valence-electron chi connectivity index (χ0n) is 7.54. The zero-order valence-corrected chi connectivity index (χ0v) is 7.54. The van der Waals surface area contributed by atoms with E-state index in [1.807, 2.05) is 6.07 Å². The van der Waals surface area contributed by atoms with Crippen LogP contribution in [0.2, 0.25) is 0 Å². The van der Waals surface area contributed by atoms with Gasteiger partial charge in [0.2, 0.25) is 0 Å². The maximum atomic E-state index is 4.51. The standard InChI is InChI=1S/C11H13N/c1-11(2)7-9-5-3-4-6-10(9)12-8-11/h3-7H,8H2,1-2H3. The van der Waals surface area contributed by atoms with Crippen LogP contribution in [0.3, 0.4) is 0 Å². The van der Waals surface area contributed by atoms with Crippen LogP contribution in [0.5, 0.6) is 0 Å². The lowest BCUT2D eigenvalue weighted by atomic mass is 9.90. The van der Waals surface area contributed by atoms with Crippen molar-refractivity contribution in [2.75, 3.05) is 6.54 Å². The molecule has 0 radical (unpaired) electrons. The summed E-state index contributed by atoms with van der Waals surface area (Å²) in [5.41, 5.74) is 0.231. The second kappa shape index (κ2) is 2.44. The second-order valence-corrected chi connectivity index (χ2v) is 4.01. The summed E-state index contributed by atoms with van der Waals surface area (Å²) in [6.45, 7) is 5.34. The Kier molecular flexibility index (Phi) is 1.53. The van der Waals surface area contributed by atoms with E-state index >= 15 is 0 Å². The SMILES string of the molecule is CC1(C)C=c2ccccc2=NC1. The molecule has 0 N–H and O–H groups in total. The first-order valence-corrected chi connectivity index (χ1v) is 4.30. The summed E-state index contributed by atoms with van der Waals surface area (Å²) in [5, 5.41) is 2.41. The molecule has 0 saturated heterocycles. The minimum absolute atomic E-state index is 0.231. The topological polar surface area (TPSA) is 12.4 Å². The highest BCUT2D eigenvalue weighted by Gasteiger charge is 2.15. The average molecular weight is 159 g/mol. The largest absolute Gasteiger partial charge is 0.284 e. The summed E-state index contributed by atoms with van der Waals surface area (Å²) in [7, 11) is 0. The highest BCUT2D eigenvalue weighted by atomic mass is 14.7. The van der Waals surface area contributed by atoms with Gasteiger partial charge in [-0.3, -0.25) is 4.99 Å². The quantitative estimate of drug-likeness (QED) is 0.538. The molecule has 0 unspecified atom stereocenters. The van der Waals surface area contributed by atoms with Crippen molar-refractivity contribution in [2.24, 2.45) is 10.4 Å². The van der Waals surface area contributed by atoms with Crippen molar-refractivity contribution in [1.29, 1.82) is 0 Å². The van der Waals surface area contributed by atoms with Gasteiger partial charge in [-0.25, -0.2) is 0 Å². The third kappa shape index (κ3) is 1.27. The summed E-state index contributed by atoms with van der Waals surface area (Å²) < 4.78 is 0. The number of nitrogens with zero attached hydrogens (tertiary/aromatic N) is 1. The Bertz CT molecular complexity index is 401. The Morgan fingerprint density at radius 1 is 1.25 bits per heavy atom. The molecule has 0 aliphatic carbocycles. The van der Waals surface area contributed by atoms with Gasteiger partial charge < -0.3 is 0 Å². The maximum absolute atomic E-state index is 4.51. The smallest absolute Gasteiger partial charge is 0.0643 e. The van der Waals surface area contributed by atoms with Gasteiger partial charge in [0.15, 0.2) is 0 Å². The molecule has 1 heteroatoms. The van der Waals surface area contributed by atoms with Crippen molar-refractivity contribution in [1.82, 2.24) is 0 Å². The van der Waals surface area contributed by atoms with Crippen molar-refractivity contribution < 1.29 is 0 Å². The molecule has 12 heavy (non-hydrogen) atoms. The van der Waals surface area contributed by atoms with E-state index in [2.05, 4.69) is 43.1 Å². The first kappa shape index (κ1) is 7.53. The Balaban J connectivity index is 2.72. The van der Waals surface area contributed by atoms with E-state index in [0.717, 1.165) is 11.9 Å². The fraction of sp³-hybridized carbons (Fsp3) is 0.364. The highest BCUT2D eigenvalue weighted by molar-refractivity contribution is 5.33. The fourth-order valence-electron chi connectivity index (χ4n) is 1.51. The van der Waals surface area contributed by atoms with Gasteiger partial charge in [-0.05, 0) is 11.3 Å². The van der Waals surface area contributed by atoms with Gasteiger partial charge in [-0.1, -0.05) is 38.1 Å². The number of fused-ring (bicyclic) bond motifs is 1. The van der Waals surface area contributed by atoms with E-state index in [1.165, 1.54) is 5.22 Å². The molecular formula is C11H13N. The molecule has 1 aliphatic heterocycles. The van der Waals surface area contributed by atoms with Gasteiger partial charge in [-0.2, -0.15) is 0 Å². The minimum Gasteiger partial charge on any atom is -0.284 e. The van der Waals surface area contributed by atoms with Gasteiger partial charge in [0.25, 0.3) is 0 Å². The van der Waals surface area contributed by atoms with Gasteiger partial charge in [-0.15, -0.1) is 0 Å². The van der Waals surface area contributed by atoms with Crippen molar-refractivity contribution in [2.45, 2.75) is 13.8 Å². The average Bonchev–Trinajstić information content (AvgIpc) is 2.02. The Labute approximate surface area is 72.5 Å². The second-order valence-electron chi connectivity index (χ2n) is 4.01. The van der Waals surface area contributed by atoms with Crippen molar-refractivity contribution in [3.05, 3.63) is 34.8 Å². The Morgan fingerprint density at radius 3 is 2.83 bits per heavy atom. The van der Waals surface area contributed by atoms with Crippen molar-refractivity contribution >= 4 is 6.08 Å². The Hall–Kier alpha value is -1.11. The van der Waals surface area contributed by atoms with Gasteiger partial charge in [0.1, 0.15) is 0 Å². The molecular weight excluding hydrogens is 146 g/mol. The van der Waals surface area contributed by atoms with Crippen LogP contribution in [0.1, 0.15) is 13.8 Å². The molecule has 1 aliphatic rings. The van der Waals surface area contributed by atoms with Crippen LogP contribution < -0.4 is 10.6 Å². The molecule has 1 heterocycles. The molecule has 1 nitrogen and oxygen atoms in total. The van der Waals surface area contributed by atoms with Crippen LogP contribution >= 0.6 is 0 Å². The van der Waals surface area contributed by atoms with Gasteiger partial charge in [0.05, 0.1) is 5.36 Å². The predicted octanol–water partition coefficient (Wildman–Crippen LogP) is 1.13. The predicted molar refractivity (Wildman–Crippen MR) is 50.3 cm³/mol. The van der Waals surface area contributed by atoms with E-state index in [4.69, 9.17) is 0 Å². The molecule has 62 valence electrons. The van der Waals surface area contributed by atoms with Crippen molar-refractivity contribution in [3.63, 3.8) is 0 Å². The van der Waals surface area contributed by atoms with E-state index in [0.29, 0.717) is 0 Å². The number of hydrogen-bond donors (Lipinski definition) is 0. The van der Waals surface area contributed by atoms with E-state index < -0.39 is 0 Å². The maximum Gasteiger partial charge on any atom is 0.0643 e. The monoisotopic (exact) mass is 159 g/mol. The third-order valence-electron chi connectivity index (χ3n) is 2.14. The van der Waals surface area contributed by atoms with Crippen molar-refractivity contribution in [3.8, 4) is 0 Å². The van der Waals surface area contributed by atoms with Crippen LogP contribution in [-0.4, -0.2) is 6.54 Å². The molecule has 0 spiro atoms. The number of para-hydroxylation sites is 1. The molecule has 0 atom stereocenters. The molecule has 0 saturated carbocycles. The normalized spacial score (nSPS) is 18.8. The van der Waals surface area contributed by atoms with Crippen LogP contribution in [0.15, 0.2) is 29.3 Å². The molecule has 0 aromatic heterocycles. The van der Waals surface area contributed by atoms with Crippen LogP contribution in [-0.2, 0) is 0 Å². The lowest BCUT2D eigenvalue weighted by Gasteiger charge is -2.19. The summed E-state index contributed by atoms with van der Waals surface area (Å²) in [6.07, 6.45) is 2.30. The number of rotatable bonds is 0. The first-order chi connectivity index (χ1) is 5.67. The summed E-state index contributed by atoms with van der Waals surface area (Å²) in [4.78, 5) is 4.51. The van der Waals surface area contributed by atoms with E-state index in [1.54, 1.807) is 0 Å². The zero-order chi connectivity index (χ0) is 8.60. The molecule has 0 bridgehead atoms. The molecule has 2 rings (SSSR count). The third-order valence-corrected chi connectivity index (χ3v) is 2.14. The van der Waals surface area contributed by atoms with E-state index in [9.17, 15) is 0 Å². The number of hydrogen-bond acceptors (Lipinski definition) is 1. The fourth-order valence-corrected chi connectivity index (χ4v) is 1.51. The Morgan fingerprint density at radius 2 is 2.00 bits per heavy atom. The summed E-state index contributed by atoms with van der Waals surface area (Å²) >= 11 is 0.